The Morgan fingerprint density at radius 1 is 1.39 bits per heavy atom. The second-order valence-electron chi connectivity index (χ2n) is 4.58. The number of hydrogen-bond donors (Lipinski definition) is 0. The molecule has 1 aliphatic rings. The minimum Gasteiger partial charge on any atom is -0.381 e. The van der Waals surface area contributed by atoms with Crippen molar-refractivity contribution in [1.82, 2.24) is 4.98 Å². The molecule has 0 saturated carbocycles. The SMILES string of the molecule is C=Cc1cc(F)c2nc(C3CCOC3)ccc2c1. The lowest BCUT2D eigenvalue weighted by Gasteiger charge is -2.09. The highest BCUT2D eigenvalue weighted by molar-refractivity contribution is 5.82. The molecular formula is C15H14FNO. The van der Waals surface area contributed by atoms with Gasteiger partial charge >= 0.3 is 0 Å². The molecule has 1 aromatic carbocycles. The van der Waals surface area contributed by atoms with Crippen LogP contribution in [0.25, 0.3) is 17.0 Å². The molecule has 2 heterocycles. The molecule has 0 radical (unpaired) electrons. The zero-order valence-corrected chi connectivity index (χ0v) is 10.0. The average molecular weight is 243 g/mol. The third-order valence-electron chi connectivity index (χ3n) is 3.37. The molecule has 1 aromatic heterocycles. The summed E-state index contributed by atoms with van der Waals surface area (Å²) in [6.07, 6.45) is 2.60. The molecule has 1 aliphatic heterocycles. The second-order valence-corrected chi connectivity index (χ2v) is 4.58. The van der Waals surface area contributed by atoms with Gasteiger partial charge in [-0.05, 0) is 30.2 Å². The van der Waals surface area contributed by atoms with Crippen molar-refractivity contribution < 1.29 is 9.13 Å². The van der Waals surface area contributed by atoms with Gasteiger partial charge in [0, 0.05) is 23.6 Å². The molecule has 3 heteroatoms. The molecule has 18 heavy (non-hydrogen) atoms. The van der Waals surface area contributed by atoms with Gasteiger partial charge in [0.1, 0.15) is 11.3 Å². The van der Waals surface area contributed by atoms with Crippen LogP contribution in [0.3, 0.4) is 0 Å². The Kier molecular flexibility index (Phi) is 2.84. The van der Waals surface area contributed by atoms with Crippen molar-refractivity contribution in [3.05, 3.63) is 47.9 Å². The Bertz CT molecular complexity index is 603. The Balaban J connectivity index is 2.11. The fraction of sp³-hybridized carbons (Fsp3) is 0.267. The Morgan fingerprint density at radius 3 is 3.00 bits per heavy atom. The lowest BCUT2D eigenvalue weighted by atomic mass is 10.0. The summed E-state index contributed by atoms with van der Waals surface area (Å²) in [4.78, 5) is 4.44. The van der Waals surface area contributed by atoms with E-state index in [1.165, 1.54) is 6.07 Å². The lowest BCUT2D eigenvalue weighted by Crippen LogP contribution is -2.01. The van der Waals surface area contributed by atoms with Crippen LogP contribution >= 0.6 is 0 Å². The predicted molar refractivity (Wildman–Crippen MR) is 70.0 cm³/mol. The third-order valence-corrected chi connectivity index (χ3v) is 3.37. The van der Waals surface area contributed by atoms with Gasteiger partial charge < -0.3 is 4.74 Å². The predicted octanol–water partition coefficient (Wildman–Crippen LogP) is 3.52. The van der Waals surface area contributed by atoms with Crippen LogP contribution in [0.15, 0.2) is 30.8 Å². The summed E-state index contributed by atoms with van der Waals surface area (Å²) >= 11 is 0. The molecule has 0 bridgehead atoms. The van der Waals surface area contributed by atoms with Crippen LogP contribution in [0, 0.1) is 5.82 Å². The van der Waals surface area contributed by atoms with Crippen LogP contribution in [0.5, 0.6) is 0 Å². The number of ether oxygens (including phenoxy) is 1. The van der Waals surface area contributed by atoms with Crippen LogP contribution in [0.4, 0.5) is 4.39 Å². The number of fused-ring (bicyclic) bond motifs is 1. The van der Waals surface area contributed by atoms with Crippen molar-refractivity contribution >= 4 is 17.0 Å². The highest BCUT2D eigenvalue weighted by Gasteiger charge is 2.19. The van der Waals surface area contributed by atoms with E-state index in [9.17, 15) is 4.39 Å². The number of pyridine rings is 1. The van der Waals surface area contributed by atoms with E-state index < -0.39 is 0 Å². The average Bonchev–Trinajstić information content (AvgIpc) is 2.92. The molecule has 2 aromatic rings. The van der Waals surface area contributed by atoms with E-state index in [0.717, 1.165) is 29.7 Å². The molecule has 1 fully saturated rings. The second kappa shape index (κ2) is 4.50. The van der Waals surface area contributed by atoms with Crippen LogP contribution < -0.4 is 0 Å². The first kappa shape index (κ1) is 11.4. The highest BCUT2D eigenvalue weighted by atomic mass is 19.1. The first-order valence-electron chi connectivity index (χ1n) is 6.08. The van der Waals surface area contributed by atoms with Gasteiger partial charge in [-0.1, -0.05) is 18.7 Å². The summed E-state index contributed by atoms with van der Waals surface area (Å²) < 4.78 is 19.3. The van der Waals surface area contributed by atoms with Crippen LogP contribution in [-0.4, -0.2) is 18.2 Å². The molecule has 2 nitrogen and oxygen atoms in total. The molecule has 3 rings (SSSR count). The van der Waals surface area contributed by atoms with E-state index in [-0.39, 0.29) is 5.82 Å². The number of benzene rings is 1. The summed E-state index contributed by atoms with van der Waals surface area (Å²) in [6, 6.07) is 7.25. The molecule has 1 saturated heterocycles. The smallest absolute Gasteiger partial charge is 0.150 e. The van der Waals surface area contributed by atoms with Crippen LogP contribution in [0.1, 0.15) is 23.6 Å². The van der Waals surface area contributed by atoms with Gasteiger partial charge in [0.15, 0.2) is 0 Å². The lowest BCUT2D eigenvalue weighted by molar-refractivity contribution is 0.193. The summed E-state index contributed by atoms with van der Waals surface area (Å²) in [5, 5.41) is 0.813. The quantitative estimate of drug-likeness (QED) is 0.805. The third kappa shape index (κ3) is 1.91. The normalized spacial score (nSPS) is 19.3. The number of hydrogen-bond acceptors (Lipinski definition) is 2. The maximum Gasteiger partial charge on any atom is 0.150 e. The van der Waals surface area contributed by atoms with Crippen molar-refractivity contribution in [2.24, 2.45) is 0 Å². The zero-order chi connectivity index (χ0) is 12.5. The van der Waals surface area contributed by atoms with E-state index in [4.69, 9.17) is 4.74 Å². The number of aromatic nitrogens is 1. The summed E-state index contributed by atoms with van der Waals surface area (Å²) in [7, 11) is 0. The minimum atomic E-state index is -0.289. The Labute approximate surface area is 105 Å². The molecule has 0 aliphatic carbocycles. The van der Waals surface area contributed by atoms with E-state index >= 15 is 0 Å². The van der Waals surface area contributed by atoms with Gasteiger partial charge in [0.2, 0.25) is 0 Å². The summed E-state index contributed by atoms with van der Waals surface area (Å²) in [5.41, 5.74) is 2.13. The van der Waals surface area contributed by atoms with Gasteiger partial charge in [-0.25, -0.2) is 9.37 Å². The van der Waals surface area contributed by atoms with E-state index in [0.29, 0.717) is 18.0 Å². The van der Waals surface area contributed by atoms with Crippen LogP contribution in [0.2, 0.25) is 0 Å². The zero-order valence-electron chi connectivity index (χ0n) is 10.0. The first-order chi connectivity index (χ1) is 8.78. The number of nitrogens with zero attached hydrogens (tertiary/aromatic N) is 1. The largest absolute Gasteiger partial charge is 0.381 e. The maximum absolute atomic E-state index is 14.0. The first-order valence-corrected chi connectivity index (χ1v) is 6.08. The maximum atomic E-state index is 14.0. The van der Waals surface area contributed by atoms with Crippen molar-refractivity contribution in [3.63, 3.8) is 0 Å². The molecule has 1 atom stereocenters. The van der Waals surface area contributed by atoms with Crippen LogP contribution in [-0.2, 0) is 4.74 Å². The Morgan fingerprint density at radius 2 is 2.28 bits per heavy atom. The monoisotopic (exact) mass is 243 g/mol. The molecule has 0 spiro atoms. The molecule has 0 amide bonds. The summed E-state index contributed by atoms with van der Waals surface area (Å²) in [6.45, 7) is 5.11. The molecule has 0 N–H and O–H groups in total. The van der Waals surface area contributed by atoms with Crippen molar-refractivity contribution in [3.8, 4) is 0 Å². The van der Waals surface area contributed by atoms with Crippen molar-refractivity contribution in [2.75, 3.05) is 13.2 Å². The van der Waals surface area contributed by atoms with Gasteiger partial charge in [-0.3, -0.25) is 0 Å². The van der Waals surface area contributed by atoms with E-state index in [1.54, 1.807) is 6.08 Å². The van der Waals surface area contributed by atoms with Crippen molar-refractivity contribution in [1.29, 1.82) is 0 Å². The van der Waals surface area contributed by atoms with Gasteiger partial charge in [0.05, 0.1) is 6.61 Å². The fourth-order valence-electron chi connectivity index (χ4n) is 2.34. The van der Waals surface area contributed by atoms with Gasteiger partial charge in [-0.15, -0.1) is 0 Å². The molecule has 92 valence electrons. The topological polar surface area (TPSA) is 22.1 Å². The Hall–Kier alpha value is -1.74. The van der Waals surface area contributed by atoms with Gasteiger partial charge in [-0.2, -0.15) is 0 Å². The molecular weight excluding hydrogens is 229 g/mol. The summed E-state index contributed by atoms with van der Waals surface area (Å²) in [5.74, 6) is 0.0102. The minimum absolute atomic E-state index is 0.289. The van der Waals surface area contributed by atoms with Gasteiger partial charge in [0.25, 0.3) is 0 Å². The van der Waals surface area contributed by atoms with Crippen molar-refractivity contribution in [2.45, 2.75) is 12.3 Å². The highest BCUT2D eigenvalue weighted by Crippen LogP contribution is 2.27. The number of rotatable bonds is 2. The number of halogens is 1. The van der Waals surface area contributed by atoms with E-state index in [2.05, 4.69) is 11.6 Å². The van der Waals surface area contributed by atoms with E-state index in [1.807, 2.05) is 18.2 Å². The molecule has 1 unspecified atom stereocenters. The fourth-order valence-corrected chi connectivity index (χ4v) is 2.34. The standard InChI is InChI=1S/C15H14FNO/c1-2-10-7-11-3-4-14(12-5-6-18-9-12)17-15(11)13(16)8-10/h2-4,7-8,12H,1,5-6,9H2.